The first-order chi connectivity index (χ1) is 16.1. The number of nitrogens with one attached hydrogen (secondary N) is 1. The summed E-state index contributed by atoms with van der Waals surface area (Å²) in [5, 5.41) is 12.8. The molecule has 0 aliphatic rings. The number of nitrogens with zero attached hydrogens (tertiary/aromatic N) is 2. The number of aryl methyl sites for hydroxylation is 1. The maximum absolute atomic E-state index is 13.3. The Kier molecular flexibility index (Phi) is 8.32. The minimum absolute atomic E-state index is 0.00641. The second kappa shape index (κ2) is 11.2. The van der Waals surface area contributed by atoms with Crippen LogP contribution in [0, 0.1) is 6.92 Å². The Morgan fingerprint density at radius 1 is 1.00 bits per heavy atom. The molecule has 0 aliphatic carbocycles. The van der Waals surface area contributed by atoms with Gasteiger partial charge in [-0.1, -0.05) is 57.9 Å². The minimum atomic E-state index is -3.97. The van der Waals surface area contributed by atoms with Crippen molar-refractivity contribution in [1.82, 2.24) is 9.73 Å². The molecule has 0 spiro atoms. The summed E-state index contributed by atoms with van der Waals surface area (Å²) >= 11 is 3.29. The summed E-state index contributed by atoms with van der Waals surface area (Å²) in [5.41, 5.74) is 4.80. The lowest BCUT2D eigenvalue weighted by molar-refractivity contribution is -0.121. The number of hydrazone groups is 1. The number of carboxylic acids is 1. The average Bonchev–Trinajstić information content (AvgIpc) is 2.80. The van der Waals surface area contributed by atoms with Gasteiger partial charge in [-0.15, -0.1) is 0 Å². The van der Waals surface area contributed by atoms with E-state index in [2.05, 4.69) is 26.5 Å². The van der Waals surface area contributed by atoms with Gasteiger partial charge in [0.15, 0.2) is 0 Å². The minimum Gasteiger partial charge on any atom is -0.478 e. The monoisotopic (exact) mass is 543 g/mol. The quantitative estimate of drug-likeness (QED) is 0.314. The summed E-state index contributed by atoms with van der Waals surface area (Å²) in [4.78, 5) is 23.5. The number of carboxylic acid groups (broad SMARTS) is 1. The van der Waals surface area contributed by atoms with E-state index in [0.717, 1.165) is 19.9 Å². The van der Waals surface area contributed by atoms with E-state index in [1.807, 2.05) is 31.2 Å². The molecular formula is C24H22BrN3O5S. The van der Waals surface area contributed by atoms with Crippen molar-refractivity contribution in [3.05, 3.63) is 99.5 Å². The Bertz CT molecular complexity index is 1290. The van der Waals surface area contributed by atoms with E-state index in [0.29, 0.717) is 5.56 Å². The third-order valence-electron chi connectivity index (χ3n) is 4.81. The highest BCUT2D eigenvalue weighted by Gasteiger charge is 2.27. The van der Waals surface area contributed by atoms with Crippen molar-refractivity contribution in [2.45, 2.75) is 18.4 Å². The SMILES string of the molecule is Cc1ccc(CN(CC(=O)N/N=C\c2ccc(C(=O)O)cc2)S(=O)(=O)c2ccc(Br)cc2)cc1. The lowest BCUT2D eigenvalue weighted by Gasteiger charge is -2.21. The van der Waals surface area contributed by atoms with Crippen molar-refractivity contribution in [2.75, 3.05) is 6.54 Å². The molecule has 0 saturated carbocycles. The Hall–Kier alpha value is -3.34. The lowest BCUT2D eigenvalue weighted by atomic mass is 10.1. The largest absolute Gasteiger partial charge is 0.478 e. The number of aromatic carboxylic acids is 1. The molecule has 0 bridgehead atoms. The fourth-order valence-corrected chi connectivity index (χ4v) is 4.61. The zero-order valence-electron chi connectivity index (χ0n) is 18.2. The molecule has 34 heavy (non-hydrogen) atoms. The van der Waals surface area contributed by atoms with E-state index in [1.54, 1.807) is 24.3 Å². The van der Waals surface area contributed by atoms with Gasteiger partial charge in [0.25, 0.3) is 5.91 Å². The first kappa shape index (κ1) is 25.3. The molecule has 0 atom stereocenters. The maximum atomic E-state index is 13.3. The molecule has 0 radical (unpaired) electrons. The number of rotatable bonds is 9. The fraction of sp³-hybridized carbons (Fsp3) is 0.125. The summed E-state index contributed by atoms with van der Waals surface area (Å²) < 4.78 is 28.4. The molecule has 0 unspecified atom stereocenters. The highest BCUT2D eigenvalue weighted by atomic mass is 79.9. The highest BCUT2D eigenvalue weighted by molar-refractivity contribution is 9.10. The van der Waals surface area contributed by atoms with Crippen molar-refractivity contribution in [3.63, 3.8) is 0 Å². The predicted octanol–water partition coefficient (Wildman–Crippen LogP) is 3.80. The number of benzene rings is 3. The van der Waals surface area contributed by atoms with Crippen LogP contribution in [0.4, 0.5) is 0 Å². The number of hydrogen-bond donors (Lipinski definition) is 2. The summed E-state index contributed by atoms with van der Waals surface area (Å²) in [6.07, 6.45) is 1.34. The zero-order valence-corrected chi connectivity index (χ0v) is 20.6. The van der Waals surface area contributed by atoms with Gasteiger partial charge in [-0.05, 0) is 54.4 Å². The van der Waals surface area contributed by atoms with Gasteiger partial charge in [0, 0.05) is 11.0 Å². The summed E-state index contributed by atoms with van der Waals surface area (Å²) in [5.74, 6) is -1.66. The standard InChI is InChI=1S/C24H22BrN3O5S/c1-17-2-4-19(5-3-17)15-28(34(32,33)22-12-10-21(25)11-13-22)16-23(29)27-26-14-18-6-8-20(9-7-18)24(30)31/h2-14H,15-16H2,1H3,(H,27,29)(H,30,31)/b26-14-. The first-order valence-corrected chi connectivity index (χ1v) is 12.3. The number of amides is 1. The highest BCUT2D eigenvalue weighted by Crippen LogP contribution is 2.21. The smallest absolute Gasteiger partial charge is 0.335 e. The lowest BCUT2D eigenvalue weighted by Crippen LogP contribution is -2.39. The normalized spacial score (nSPS) is 11.6. The molecule has 3 aromatic carbocycles. The third kappa shape index (κ3) is 6.83. The van der Waals surface area contributed by atoms with Crippen LogP contribution in [0.1, 0.15) is 27.0 Å². The van der Waals surface area contributed by atoms with Crippen molar-refractivity contribution in [1.29, 1.82) is 0 Å². The van der Waals surface area contributed by atoms with Gasteiger partial charge in [0.2, 0.25) is 10.0 Å². The van der Waals surface area contributed by atoms with E-state index in [4.69, 9.17) is 5.11 Å². The molecule has 0 saturated heterocycles. The van der Waals surface area contributed by atoms with Crippen LogP contribution in [0.5, 0.6) is 0 Å². The van der Waals surface area contributed by atoms with Crippen LogP contribution in [-0.2, 0) is 21.4 Å². The van der Waals surface area contributed by atoms with Crippen molar-refractivity contribution < 1.29 is 23.1 Å². The summed E-state index contributed by atoms with van der Waals surface area (Å²) in [6.45, 7) is 1.49. The summed E-state index contributed by atoms with van der Waals surface area (Å²) in [7, 11) is -3.97. The Labute approximate surface area is 206 Å². The molecular weight excluding hydrogens is 522 g/mol. The maximum Gasteiger partial charge on any atom is 0.335 e. The second-order valence-corrected chi connectivity index (χ2v) is 10.3. The first-order valence-electron chi connectivity index (χ1n) is 10.1. The molecule has 1 amide bonds. The number of carbonyl (C=O) groups excluding carboxylic acids is 1. The number of hydrogen-bond acceptors (Lipinski definition) is 5. The van der Waals surface area contributed by atoms with Crippen LogP contribution in [-0.4, -0.2) is 42.5 Å². The van der Waals surface area contributed by atoms with E-state index in [1.165, 1.54) is 30.5 Å². The molecule has 0 heterocycles. The Morgan fingerprint density at radius 3 is 2.21 bits per heavy atom. The van der Waals surface area contributed by atoms with Crippen LogP contribution < -0.4 is 5.43 Å². The molecule has 8 nitrogen and oxygen atoms in total. The van der Waals surface area contributed by atoms with Crippen molar-refractivity contribution in [3.8, 4) is 0 Å². The zero-order chi connectivity index (χ0) is 24.7. The average molecular weight is 544 g/mol. The van der Waals surface area contributed by atoms with Crippen molar-refractivity contribution in [2.24, 2.45) is 5.10 Å². The van der Waals surface area contributed by atoms with E-state index < -0.39 is 28.4 Å². The van der Waals surface area contributed by atoms with E-state index in [9.17, 15) is 18.0 Å². The van der Waals surface area contributed by atoms with Gasteiger partial charge in [0.1, 0.15) is 0 Å². The van der Waals surface area contributed by atoms with Crippen LogP contribution in [0.25, 0.3) is 0 Å². The Balaban J connectivity index is 1.75. The summed E-state index contributed by atoms with van der Waals surface area (Å²) in [6, 6.07) is 19.5. The van der Waals surface area contributed by atoms with Crippen LogP contribution in [0.3, 0.4) is 0 Å². The van der Waals surface area contributed by atoms with Gasteiger partial charge in [-0.3, -0.25) is 4.79 Å². The second-order valence-electron chi connectivity index (χ2n) is 7.43. The molecule has 0 aromatic heterocycles. The van der Waals surface area contributed by atoms with Gasteiger partial charge >= 0.3 is 5.97 Å². The van der Waals surface area contributed by atoms with Gasteiger partial charge < -0.3 is 5.11 Å². The van der Waals surface area contributed by atoms with Gasteiger partial charge in [0.05, 0.1) is 23.2 Å². The van der Waals surface area contributed by atoms with E-state index in [-0.39, 0.29) is 17.0 Å². The number of sulfonamides is 1. The molecule has 0 fully saturated rings. The predicted molar refractivity (Wildman–Crippen MR) is 132 cm³/mol. The fourth-order valence-electron chi connectivity index (χ4n) is 2.96. The molecule has 176 valence electrons. The topological polar surface area (TPSA) is 116 Å². The Morgan fingerprint density at radius 2 is 1.62 bits per heavy atom. The molecule has 2 N–H and O–H groups in total. The molecule has 3 rings (SSSR count). The van der Waals surface area contributed by atoms with Gasteiger partial charge in [-0.2, -0.15) is 9.41 Å². The van der Waals surface area contributed by atoms with E-state index >= 15 is 0 Å². The van der Waals surface area contributed by atoms with Crippen molar-refractivity contribution >= 4 is 44.0 Å². The van der Waals surface area contributed by atoms with Crippen LogP contribution in [0.2, 0.25) is 0 Å². The van der Waals surface area contributed by atoms with Crippen LogP contribution in [0.15, 0.2) is 87.3 Å². The molecule has 0 aliphatic heterocycles. The number of halogens is 1. The number of carbonyl (C=O) groups is 2. The molecule has 3 aromatic rings. The van der Waals surface area contributed by atoms with Gasteiger partial charge in [-0.25, -0.2) is 18.6 Å². The molecule has 10 heteroatoms. The third-order valence-corrected chi connectivity index (χ3v) is 7.15. The van der Waals surface area contributed by atoms with Crippen LogP contribution >= 0.6 is 15.9 Å².